The summed E-state index contributed by atoms with van der Waals surface area (Å²) in [6.07, 6.45) is 1.43. The molecular formula is C21H17N3O3S. The van der Waals surface area contributed by atoms with Crippen molar-refractivity contribution >= 4 is 23.6 Å². The van der Waals surface area contributed by atoms with Crippen LogP contribution in [0.25, 0.3) is 0 Å². The monoisotopic (exact) mass is 391 g/mol. The van der Waals surface area contributed by atoms with Gasteiger partial charge < -0.3 is 15.1 Å². The molecule has 2 aromatic carbocycles. The summed E-state index contributed by atoms with van der Waals surface area (Å²) in [6.45, 7) is 0.552. The lowest BCUT2D eigenvalue weighted by Crippen LogP contribution is -2.34. The van der Waals surface area contributed by atoms with Crippen molar-refractivity contribution in [3.8, 4) is 6.07 Å². The summed E-state index contributed by atoms with van der Waals surface area (Å²) in [7, 11) is 0. The molecule has 0 aliphatic carbocycles. The number of amides is 2. The third-order valence-electron chi connectivity index (χ3n) is 3.80. The number of furan rings is 1. The van der Waals surface area contributed by atoms with E-state index < -0.39 is 0 Å². The summed E-state index contributed by atoms with van der Waals surface area (Å²) in [5.41, 5.74) is 1.07. The van der Waals surface area contributed by atoms with E-state index in [0.717, 1.165) is 9.79 Å². The molecule has 0 fully saturated rings. The predicted molar refractivity (Wildman–Crippen MR) is 105 cm³/mol. The summed E-state index contributed by atoms with van der Waals surface area (Å²) >= 11 is 1.37. The summed E-state index contributed by atoms with van der Waals surface area (Å²) < 4.78 is 5.01. The maximum atomic E-state index is 12.6. The van der Waals surface area contributed by atoms with Crippen molar-refractivity contribution < 1.29 is 14.0 Å². The highest BCUT2D eigenvalue weighted by Gasteiger charge is 2.13. The first-order chi connectivity index (χ1) is 13.7. The molecule has 0 saturated heterocycles. The number of hydrogen-bond acceptors (Lipinski definition) is 5. The number of nitrogens with zero attached hydrogens (tertiary/aromatic N) is 1. The second-order valence-corrected chi connectivity index (χ2v) is 6.78. The first-order valence-electron chi connectivity index (χ1n) is 8.55. The van der Waals surface area contributed by atoms with Crippen LogP contribution in [-0.4, -0.2) is 24.9 Å². The van der Waals surface area contributed by atoms with Crippen LogP contribution in [0.15, 0.2) is 81.1 Å². The van der Waals surface area contributed by atoms with E-state index in [9.17, 15) is 14.9 Å². The highest BCUT2D eigenvalue weighted by atomic mass is 32.2. The van der Waals surface area contributed by atoms with Crippen LogP contribution >= 0.6 is 11.8 Å². The van der Waals surface area contributed by atoms with Crippen molar-refractivity contribution in [2.75, 3.05) is 13.1 Å². The molecule has 0 unspecified atom stereocenters. The van der Waals surface area contributed by atoms with Crippen LogP contribution in [0.5, 0.6) is 0 Å². The van der Waals surface area contributed by atoms with Gasteiger partial charge in [-0.2, -0.15) is 5.26 Å². The topological polar surface area (TPSA) is 95.1 Å². The van der Waals surface area contributed by atoms with Crippen molar-refractivity contribution in [2.45, 2.75) is 9.79 Å². The van der Waals surface area contributed by atoms with Gasteiger partial charge in [0.05, 0.1) is 17.4 Å². The Balaban J connectivity index is 1.60. The van der Waals surface area contributed by atoms with E-state index in [1.54, 1.807) is 36.4 Å². The molecule has 0 aliphatic rings. The van der Waals surface area contributed by atoms with E-state index in [1.165, 1.54) is 18.0 Å². The Morgan fingerprint density at radius 3 is 2.29 bits per heavy atom. The molecule has 2 amide bonds. The molecule has 1 heterocycles. The molecule has 0 atom stereocenters. The van der Waals surface area contributed by atoms with Crippen LogP contribution < -0.4 is 10.6 Å². The van der Waals surface area contributed by atoms with Crippen LogP contribution in [0.4, 0.5) is 0 Å². The molecule has 0 radical (unpaired) electrons. The molecule has 1 aromatic heterocycles. The third kappa shape index (κ3) is 4.81. The Morgan fingerprint density at radius 2 is 1.57 bits per heavy atom. The van der Waals surface area contributed by atoms with Gasteiger partial charge in [-0.1, -0.05) is 36.0 Å². The van der Waals surface area contributed by atoms with Gasteiger partial charge in [0, 0.05) is 22.9 Å². The van der Waals surface area contributed by atoms with Crippen LogP contribution in [0.3, 0.4) is 0 Å². The highest BCUT2D eigenvalue weighted by Crippen LogP contribution is 2.32. The number of rotatable bonds is 7. The lowest BCUT2D eigenvalue weighted by Gasteiger charge is -2.11. The van der Waals surface area contributed by atoms with E-state index in [2.05, 4.69) is 16.7 Å². The molecule has 0 saturated carbocycles. The van der Waals surface area contributed by atoms with Crippen molar-refractivity contribution in [3.05, 3.63) is 83.8 Å². The first kappa shape index (κ1) is 19.3. The van der Waals surface area contributed by atoms with Gasteiger partial charge in [0.2, 0.25) is 0 Å². The number of nitrogens with one attached hydrogen (secondary N) is 2. The number of hydrogen-bond donors (Lipinski definition) is 2. The standard InChI is InChI=1S/C21H17N3O3S/c22-14-15-6-1-3-9-18(15)28-19-10-4-2-7-16(19)20(25)23-11-12-24-21(26)17-8-5-13-27-17/h1-10,13H,11-12H2,(H,23,25)(H,24,26). The molecule has 3 rings (SSSR count). The molecule has 140 valence electrons. The average molecular weight is 391 g/mol. The van der Waals surface area contributed by atoms with Gasteiger partial charge in [0.25, 0.3) is 11.8 Å². The van der Waals surface area contributed by atoms with Gasteiger partial charge in [-0.3, -0.25) is 9.59 Å². The molecule has 28 heavy (non-hydrogen) atoms. The number of nitriles is 1. The summed E-state index contributed by atoms with van der Waals surface area (Å²) in [5.74, 6) is -0.350. The van der Waals surface area contributed by atoms with E-state index in [1.807, 2.05) is 24.3 Å². The quantitative estimate of drug-likeness (QED) is 0.602. The van der Waals surface area contributed by atoms with Crippen molar-refractivity contribution in [1.29, 1.82) is 5.26 Å². The van der Waals surface area contributed by atoms with Gasteiger partial charge in [-0.15, -0.1) is 0 Å². The van der Waals surface area contributed by atoms with Crippen LogP contribution in [0.2, 0.25) is 0 Å². The molecule has 3 aromatic rings. The minimum atomic E-state index is -0.330. The fourth-order valence-electron chi connectivity index (χ4n) is 2.45. The molecule has 0 bridgehead atoms. The Kier molecular flexibility index (Phi) is 6.50. The fraction of sp³-hybridized carbons (Fsp3) is 0.0952. The van der Waals surface area contributed by atoms with Gasteiger partial charge >= 0.3 is 0 Å². The van der Waals surface area contributed by atoms with Gasteiger partial charge in [-0.25, -0.2) is 0 Å². The minimum Gasteiger partial charge on any atom is -0.459 e. The third-order valence-corrected chi connectivity index (χ3v) is 4.95. The molecule has 6 nitrogen and oxygen atoms in total. The van der Waals surface area contributed by atoms with Gasteiger partial charge in [0.1, 0.15) is 6.07 Å². The molecule has 7 heteroatoms. The van der Waals surface area contributed by atoms with Crippen LogP contribution in [0, 0.1) is 11.3 Å². The Bertz CT molecular complexity index is 1010. The van der Waals surface area contributed by atoms with E-state index in [4.69, 9.17) is 4.42 Å². The van der Waals surface area contributed by atoms with Crippen LogP contribution in [-0.2, 0) is 0 Å². The predicted octanol–water partition coefficient (Wildman–Crippen LogP) is 3.46. The van der Waals surface area contributed by atoms with E-state index >= 15 is 0 Å². The van der Waals surface area contributed by atoms with Crippen LogP contribution in [0.1, 0.15) is 26.5 Å². The van der Waals surface area contributed by atoms with Gasteiger partial charge in [0.15, 0.2) is 5.76 Å². The normalized spacial score (nSPS) is 10.1. The van der Waals surface area contributed by atoms with E-state index in [0.29, 0.717) is 11.1 Å². The number of carbonyl (C=O) groups is 2. The lowest BCUT2D eigenvalue weighted by atomic mass is 10.2. The molecule has 0 spiro atoms. The second-order valence-electron chi connectivity index (χ2n) is 5.70. The Hall–Kier alpha value is -3.50. The second kappa shape index (κ2) is 9.44. The van der Waals surface area contributed by atoms with Gasteiger partial charge in [-0.05, 0) is 36.4 Å². The zero-order valence-corrected chi connectivity index (χ0v) is 15.7. The summed E-state index contributed by atoms with van der Waals surface area (Å²) in [6, 6.07) is 19.8. The smallest absolute Gasteiger partial charge is 0.287 e. The number of carbonyl (C=O) groups excluding carboxylic acids is 2. The van der Waals surface area contributed by atoms with E-state index in [-0.39, 0.29) is 30.7 Å². The van der Waals surface area contributed by atoms with Crippen molar-refractivity contribution in [1.82, 2.24) is 10.6 Å². The Labute approximate surface area is 166 Å². The zero-order valence-electron chi connectivity index (χ0n) is 14.8. The Morgan fingerprint density at radius 1 is 0.893 bits per heavy atom. The largest absolute Gasteiger partial charge is 0.459 e. The lowest BCUT2D eigenvalue weighted by molar-refractivity contribution is 0.0910. The molecular weight excluding hydrogens is 374 g/mol. The molecule has 2 N–H and O–H groups in total. The molecule has 0 aliphatic heterocycles. The highest BCUT2D eigenvalue weighted by molar-refractivity contribution is 7.99. The van der Waals surface area contributed by atoms with Crippen molar-refractivity contribution in [3.63, 3.8) is 0 Å². The fourth-order valence-corrected chi connectivity index (χ4v) is 3.48. The maximum absolute atomic E-state index is 12.6. The van der Waals surface area contributed by atoms with Crippen molar-refractivity contribution in [2.24, 2.45) is 0 Å². The summed E-state index contributed by atoms with van der Waals surface area (Å²) in [4.78, 5) is 25.9. The average Bonchev–Trinajstić information content (AvgIpc) is 3.27. The summed E-state index contributed by atoms with van der Waals surface area (Å²) in [5, 5.41) is 14.7. The SMILES string of the molecule is N#Cc1ccccc1Sc1ccccc1C(=O)NCCNC(=O)c1ccco1. The minimum absolute atomic E-state index is 0.226. The zero-order chi connectivity index (χ0) is 19.8. The maximum Gasteiger partial charge on any atom is 0.287 e. The number of benzene rings is 2. The first-order valence-corrected chi connectivity index (χ1v) is 9.36.